The lowest BCUT2D eigenvalue weighted by Crippen LogP contribution is -2.24. The maximum atomic E-state index is 11.5. The highest BCUT2D eigenvalue weighted by Gasteiger charge is 2.34. The average Bonchev–Trinajstić information content (AvgIpc) is 2.31. The van der Waals surface area contributed by atoms with Gasteiger partial charge in [0.1, 0.15) is 0 Å². The van der Waals surface area contributed by atoms with Crippen LogP contribution in [0.2, 0.25) is 0 Å². The van der Waals surface area contributed by atoms with Gasteiger partial charge in [-0.25, -0.2) is 0 Å². The maximum Gasteiger partial charge on any atom is 0.299 e. The summed E-state index contributed by atoms with van der Waals surface area (Å²) in [4.78, 5) is 24.4. The van der Waals surface area contributed by atoms with Gasteiger partial charge in [-0.2, -0.15) is 0 Å². The third-order valence-electron chi connectivity index (χ3n) is 2.55. The van der Waals surface area contributed by atoms with Gasteiger partial charge in [-0.3, -0.25) is 9.59 Å². The Balaban J connectivity index is 2.75. The van der Waals surface area contributed by atoms with E-state index in [1.807, 2.05) is 26.0 Å². The van der Waals surface area contributed by atoms with Crippen molar-refractivity contribution in [1.82, 2.24) is 0 Å². The number of anilines is 1. The van der Waals surface area contributed by atoms with Gasteiger partial charge in [-0.05, 0) is 31.0 Å². The minimum absolute atomic E-state index is 0.389. The molecule has 1 amide bonds. The number of hydrogen-bond acceptors (Lipinski definition) is 2. The molecule has 1 aliphatic heterocycles. The zero-order valence-electron chi connectivity index (χ0n) is 8.42. The molecule has 0 fully saturated rings. The molecule has 1 aromatic rings. The van der Waals surface area contributed by atoms with Crippen molar-refractivity contribution in [2.45, 2.75) is 13.8 Å². The first kappa shape index (κ1) is 8.94. The summed E-state index contributed by atoms with van der Waals surface area (Å²) in [5, 5.41) is 0. The number of ketones is 1. The van der Waals surface area contributed by atoms with E-state index in [0.29, 0.717) is 5.56 Å². The van der Waals surface area contributed by atoms with Crippen molar-refractivity contribution >= 4 is 17.4 Å². The van der Waals surface area contributed by atoms with Crippen molar-refractivity contribution in [3.8, 4) is 0 Å². The van der Waals surface area contributed by atoms with Crippen LogP contribution in [0.25, 0.3) is 0 Å². The van der Waals surface area contributed by atoms with Crippen LogP contribution in [0.4, 0.5) is 5.69 Å². The highest BCUT2D eigenvalue weighted by molar-refractivity contribution is 6.52. The van der Waals surface area contributed by atoms with Crippen LogP contribution < -0.4 is 4.90 Å². The molecule has 0 saturated carbocycles. The first-order chi connectivity index (χ1) is 6.52. The lowest BCUT2D eigenvalue weighted by molar-refractivity contribution is -0.114. The molecule has 3 heteroatoms. The Hall–Kier alpha value is -1.64. The third-order valence-corrected chi connectivity index (χ3v) is 2.55. The molecule has 0 spiro atoms. The predicted molar refractivity (Wildman–Crippen MR) is 53.7 cm³/mol. The quantitative estimate of drug-likeness (QED) is 0.579. The van der Waals surface area contributed by atoms with Crippen molar-refractivity contribution in [3.63, 3.8) is 0 Å². The van der Waals surface area contributed by atoms with Crippen LogP contribution in [-0.4, -0.2) is 18.7 Å². The molecule has 2 rings (SSSR count). The number of amides is 1. The smallest absolute Gasteiger partial charge is 0.299 e. The number of carbonyl (C=O) groups is 2. The number of Topliss-reactive ketones (excluding diaryl/α,β-unsaturated/α-hetero) is 1. The molecule has 1 aromatic carbocycles. The molecule has 72 valence electrons. The summed E-state index contributed by atoms with van der Waals surface area (Å²) in [6, 6.07) is 3.79. The molecule has 14 heavy (non-hydrogen) atoms. The van der Waals surface area contributed by atoms with Crippen molar-refractivity contribution < 1.29 is 9.59 Å². The number of likely N-dealkylation sites (N-methyl/N-ethyl adjacent to an activating group) is 1. The van der Waals surface area contributed by atoms with Gasteiger partial charge in [0.05, 0.1) is 11.3 Å². The van der Waals surface area contributed by atoms with E-state index >= 15 is 0 Å². The van der Waals surface area contributed by atoms with Gasteiger partial charge < -0.3 is 4.90 Å². The topological polar surface area (TPSA) is 37.4 Å². The van der Waals surface area contributed by atoms with E-state index in [4.69, 9.17) is 0 Å². The van der Waals surface area contributed by atoms with Gasteiger partial charge in [0.25, 0.3) is 11.7 Å². The van der Waals surface area contributed by atoms with Gasteiger partial charge in [0, 0.05) is 7.05 Å². The number of nitrogens with zero attached hydrogens (tertiary/aromatic N) is 1. The fourth-order valence-electron chi connectivity index (χ4n) is 1.87. The molecular weight excluding hydrogens is 178 g/mol. The van der Waals surface area contributed by atoms with Crippen LogP contribution in [0, 0.1) is 13.8 Å². The molecular formula is C11H11NO2. The highest BCUT2D eigenvalue weighted by Crippen LogP contribution is 2.31. The van der Waals surface area contributed by atoms with Gasteiger partial charge >= 0.3 is 0 Å². The largest absolute Gasteiger partial charge is 0.308 e. The molecule has 1 aliphatic rings. The van der Waals surface area contributed by atoms with E-state index in [1.165, 1.54) is 4.90 Å². The fourth-order valence-corrected chi connectivity index (χ4v) is 1.87. The molecule has 0 bridgehead atoms. The summed E-state index contributed by atoms with van der Waals surface area (Å²) in [7, 11) is 1.63. The summed E-state index contributed by atoms with van der Waals surface area (Å²) in [5.41, 5.74) is 3.24. The van der Waals surface area contributed by atoms with E-state index in [-0.39, 0.29) is 5.78 Å². The van der Waals surface area contributed by atoms with E-state index in [1.54, 1.807) is 7.05 Å². The lowest BCUT2D eigenvalue weighted by Gasteiger charge is -2.10. The third kappa shape index (κ3) is 0.985. The second kappa shape index (κ2) is 2.67. The van der Waals surface area contributed by atoms with Gasteiger partial charge in [0.2, 0.25) is 0 Å². The number of benzene rings is 1. The zero-order chi connectivity index (χ0) is 10.5. The average molecular weight is 189 g/mol. The summed E-state index contributed by atoms with van der Waals surface area (Å²) in [6.45, 7) is 3.81. The molecule has 0 radical (unpaired) electrons. The van der Waals surface area contributed by atoms with Crippen LogP contribution in [-0.2, 0) is 4.79 Å². The molecule has 0 N–H and O–H groups in total. The zero-order valence-corrected chi connectivity index (χ0v) is 8.42. The molecule has 0 atom stereocenters. The van der Waals surface area contributed by atoms with E-state index in [2.05, 4.69) is 0 Å². The second-order valence-electron chi connectivity index (χ2n) is 3.67. The summed E-state index contributed by atoms with van der Waals surface area (Å²) in [6.07, 6.45) is 0. The fraction of sp³-hybridized carbons (Fsp3) is 0.273. The van der Waals surface area contributed by atoms with Crippen LogP contribution in [0.5, 0.6) is 0 Å². The SMILES string of the molecule is Cc1cc(C)c2c(c1)N(C)C(=O)C2=O. The van der Waals surface area contributed by atoms with Crippen molar-refractivity contribution in [2.75, 3.05) is 11.9 Å². The molecule has 0 aromatic heterocycles. The second-order valence-corrected chi connectivity index (χ2v) is 3.67. The van der Waals surface area contributed by atoms with Gasteiger partial charge in [-0.1, -0.05) is 6.07 Å². The van der Waals surface area contributed by atoms with E-state index in [0.717, 1.165) is 16.8 Å². The lowest BCUT2D eigenvalue weighted by atomic mass is 10.0. The Morgan fingerprint density at radius 3 is 2.43 bits per heavy atom. The summed E-state index contributed by atoms with van der Waals surface area (Å²) in [5.74, 6) is -0.825. The summed E-state index contributed by atoms with van der Waals surface area (Å²) < 4.78 is 0. The Morgan fingerprint density at radius 2 is 1.79 bits per heavy atom. The molecule has 0 saturated heterocycles. The van der Waals surface area contributed by atoms with Crippen molar-refractivity contribution in [3.05, 3.63) is 28.8 Å². The van der Waals surface area contributed by atoms with E-state index in [9.17, 15) is 9.59 Å². The minimum Gasteiger partial charge on any atom is -0.308 e. The number of rotatable bonds is 0. The van der Waals surface area contributed by atoms with Gasteiger partial charge in [-0.15, -0.1) is 0 Å². The Morgan fingerprint density at radius 1 is 1.14 bits per heavy atom. The van der Waals surface area contributed by atoms with Crippen LogP contribution in [0.3, 0.4) is 0 Å². The minimum atomic E-state index is -0.436. The molecule has 0 aliphatic carbocycles. The van der Waals surface area contributed by atoms with Crippen molar-refractivity contribution in [1.29, 1.82) is 0 Å². The first-order valence-electron chi connectivity index (χ1n) is 4.46. The predicted octanol–water partition coefficient (Wildman–Crippen LogP) is 1.46. The normalized spacial score (nSPS) is 14.9. The molecule has 0 unspecified atom stereocenters. The van der Waals surface area contributed by atoms with Gasteiger partial charge in [0.15, 0.2) is 0 Å². The van der Waals surface area contributed by atoms with Crippen LogP contribution >= 0.6 is 0 Å². The number of hydrogen-bond donors (Lipinski definition) is 0. The van der Waals surface area contributed by atoms with Crippen molar-refractivity contribution in [2.24, 2.45) is 0 Å². The van der Waals surface area contributed by atoms with Crippen LogP contribution in [0.1, 0.15) is 21.5 Å². The first-order valence-corrected chi connectivity index (χ1v) is 4.46. The Bertz CT molecular complexity index is 449. The monoisotopic (exact) mass is 189 g/mol. The Kier molecular flexibility index (Phi) is 1.71. The summed E-state index contributed by atoms with van der Waals surface area (Å²) >= 11 is 0. The number of aryl methyl sites for hydroxylation is 2. The Labute approximate surface area is 82.3 Å². The molecule has 3 nitrogen and oxygen atoms in total. The standard InChI is InChI=1S/C11H11NO2/c1-6-4-7(2)9-8(5-6)12(3)11(14)10(9)13/h4-5H,1-3H3. The van der Waals surface area contributed by atoms with E-state index < -0.39 is 5.91 Å². The maximum absolute atomic E-state index is 11.5. The van der Waals surface area contributed by atoms with Crippen LogP contribution in [0.15, 0.2) is 12.1 Å². The highest BCUT2D eigenvalue weighted by atomic mass is 16.2. The number of fused-ring (bicyclic) bond motifs is 1. The number of carbonyl (C=O) groups excluding carboxylic acids is 2. The molecule has 1 heterocycles.